The molecular formula is C15H20N2. The van der Waals surface area contributed by atoms with E-state index in [1.165, 1.54) is 24.8 Å². The van der Waals surface area contributed by atoms with Gasteiger partial charge in [-0.05, 0) is 36.6 Å². The maximum absolute atomic E-state index is 5.99. The van der Waals surface area contributed by atoms with E-state index in [2.05, 4.69) is 25.1 Å². The van der Waals surface area contributed by atoms with Gasteiger partial charge in [-0.25, -0.2) is 0 Å². The third kappa shape index (κ3) is 2.52. The van der Waals surface area contributed by atoms with Crippen LogP contribution in [0.4, 0.5) is 11.4 Å². The average molecular weight is 228 g/mol. The van der Waals surface area contributed by atoms with Gasteiger partial charge in [0.1, 0.15) is 0 Å². The van der Waals surface area contributed by atoms with Crippen LogP contribution in [0, 0.1) is 0 Å². The van der Waals surface area contributed by atoms with E-state index in [4.69, 9.17) is 11.5 Å². The minimum Gasteiger partial charge on any atom is -0.398 e. The Kier molecular flexibility index (Phi) is 3.52. The number of nitrogens with two attached hydrogens (primary N) is 2. The molecule has 0 saturated carbocycles. The molecular weight excluding hydrogens is 208 g/mol. The standard InChI is InChI=1S/C15H20N2/c1-2-3-4-5-11-6-7-12-13(10-11)15(17)9-8-14(12)16/h6-10H,2-5,16-17H2,1H3. The second kappa shape index (κ2) is 5.09. The predicted octanol–water partition coefficient (Wildman–Crippen LogP) is 3.74. The highest BCUT2D eigenvalue weighted by atomic mass is 14.6. The van der Waals surface area contributed by atoms with E-state index in [1.807, 2.05) is 12.1 Å². The highest BCUT2D eigenvalue weighted by Gasteiger charge is 2.03. The van der Waals surface area contributed by atoms with Crippen LogP contribution < -0.4 is 11.5 Å². The molecule has 0 aliphatic heterocycles. The van der Waals surface area contributed by atoms with Crippen LogP contribution in [-0.4, -0.2) is 0 Å². The van der Waals surface area contributed by atoms with Crippen molar-refractivity contribution in [2.24, 2.45) is 0 Å². The summed E-state index contributed by atoms with van der Waals surface area (Å²) in [6, 6.07) is 10.2. The topological polar surface area (TPSA) is 52.0 Å². The zero-order valence-corrected chi connectivity index (χ0v) is 10.4. The fourth-order valence-electron chi connectivity index (χ4n) is 2.18. The molecule has 2 aromatic carbocycles. The number of aryl methyl sites for hydroxylation is 1. The fourth-order valence-corrected chi connectivity index (χ4v) is 2.18. The molecule has 0 amide bonds. The van der Waals surface area contributed by atoms with Crippen LogP contribution in [0.3, 0.4) is 0 Å². The van der Waals surface area contributed by atoms with E-state index in [9.17, 15) is 0 Å². The van der Waals surface area contributed by atoms with Crippen molar-refractivity contribution in [2.75, 3.05) is 11.5 Å². The molecule has 0 fully saturated rings. The lowest BCUT2D eigenvalue weighted by atomic mass is 10.0. The normalized spacial score (nSPS) is 10.9. The summed E-state index contributed by atoms with van der Waals surface area (Å²) in [5, 5.41) is 2.14. The molecule has 0 atom stereocenters. The maximum Gasteiger partial charge on any atom is 0.0395 e. The van der Waals surface area contributed by atoms with Gasteiger partial charge in [0.05, 0.1) is 0 Å². The van der Waals surface area contributed by atoms with E-state index in [0.29, 0.717) is 0 Å². The third-order valence-electron chi connectivity index (χ3n) is 3.22. The SMILES string of the molecule is CCCCCc1ccc2c(N)ccc(N)c2c1. The molecule has 0 spiro atoms. The van der Waals surface area contributed by atoms with Crippen LogP contribution in [-0.2, 0) is 6.42 Å². The van der Waals surface area contributed by atoms with Crippen LogP contribution in [0.15, 0.2) is 30.3 Å². The summed E-state index contributed by atoms with van der Waals surface area (Å²) in [5.74, 6) is 0. The monoisotopic (exact) mass is 228 g/mol. The van der Waals surface area contributed by atoms with Crippen molar-refractivity contribution in [3.63, 3.8) is 0 Å². The van der Waals surface area contributed by atoms with Crippen molar-refractivity contribution >= 4 is 22.1 Å². The number of hydrogen-bond donors (Lipinski definition) is 2. The average Bonchev–Trinajstić information content (AvgIpc) is 2.34. The maximum atomic E-state index is 5.99. The number of hydrogen-bond acceptors (Lipinski definition) is 2. The fraction of sp³-hybridized carbons (Fsp3) is 0.333. The molecule has 0 bridgehead atoms. The summed E-state index contributed by atoms with van der Waals surface area (Å²) >= 11 is 0. The van der Waals surface area contributed by atoms with E-state index in [1.54, 1.807) is 0 Å². The first kappa shape index (κ1) is 11.8. The number of fused-ring (bicyclic) bond motifs is 1. The molecule has 0 aliphatic carbocycles. The van der Waals surface area contributed by atoms with Crippen molar-refractivity contribution in [3.8, 4) is 0 Å². The van der Waals surface area contributed by atoms with Crippen molar-refractivity contribution in [3.05, 3.63) is 35.9 Å². The molecule has 0 saturated heterocycles. The Morgan fingerprint density at radius 1 is 0.882 bits per heavy atom. The van der Waals surface area contributed by atoms with Gasteiger partial charge in [0.2, 0.25) is 0 Å². The smallest absolute Gasteiger partial charge is 0.0395 e. The second-order valence-electron chi connectivity index (χ2n) is 4.58. The van der Waals surface area contributed by atoms with E-state index in [-0.39, 0.29) is 0 Å². The first-order valence-electron chi connectivity index (χ1n) is 6.29. The number of rotatable bonds is 4. The quantitative estimate of drug-likeness (QED) is 0.618. The van der Waals surface area contributed by atoms with Gasteiger partial charge in [-0.2, -0.15) is 0 Å². The molecule has 0 aromatic heterocycles. The third-order valence-corrected chi connectivity index (χ3v) is 3.22. The Morgan fingerprint density at radius 3 is 2.29 bits per heavy atom. The van der Waals surface area contributed by atoms with Crippen LogP contribution in [0.1, 0.15) is 31.7 Å². The Bertz CT molecular complexity index is 518. The lowest BCUT2D eigenvalue weighted by molar-refractivity contribution is 0.718. The molecule has 0 unspecified atom stereocenters. The van der Waals surface area contributed by atoms with Crippen molar-refractivity contribution < 1.29 is 0 Å². The van der Waals surface area contributed by atoms with Gasteiger partial charge in [0.15, 0.2) is 0 Å². The van der Waals surface area contributed by atoms with E-state index in [0.717, 1.165) is 28.6 Å². The molecule has 90 valence electrons. The summed E-state index contributed by atoms with van der Waals surface area (Å²) in [4.78, 5) is 0. The molecule has 4 N–H and O–H groups in total. The second-order valence-corrected chi connectivity index (χ2v) is 4.58. The number of unbranched alkanes of at least 4 members (excludes halogenated alkanes) is 2. The van der Waals surface area contributed by atoms with E-state index < -0.39 is 0 Å². The highest BCUT2D eigenvalue weighted by molar-refractivity contribution is 6.00. The van der Waals surface area contributed by atoms with Crippen LogP contribution >= 0.6 is 0 Å². The number of anilines is 2. The Hall–Kier alpha value is -1.70. The largest absolute Gasteiger partial charge is 0.398 e. The lowest BCUT2D eigenvalue weighted by Gasteiger charge is -2.08. The van der Waals surface area contributed by atoms with Gasteiger partial charge in [0.25, 0.3) is 0 Å². The molecule has 0 heterocycles. The van der Waals surface area contributed by atoms with Gasteiger partial charge >= 0.3 is 0 Å². The molecule has 0 aliphatic rings. The molecule has 0 radical (unpaired) electrons. The molecule has 2 heteroatoms. The summed E-state index contributed by atoms with van der Waals surface area (Å²) < 4.78 is 0. The van der Waals surface area contributed by atoms with Gasteiger partial charge in [-0.3, -0.25) is 0 Å². The summed E-state index contributed by atoms with van der Waals surface area (Å²) in [5.41, 5.74) is 14.9. The Morgan fingerprint density at radius 2 is 1.59 bits per heavy atom. The number of nitrogen functional groups attached to an aromatic ring is 2. The summed E-state index contributed by atoms with van der Waals surface area (Å²) in [7, 11) is 0. The van der Waals surface area contributed by atoms with Gasteiger partial charge in [-0.15, -0.1) is 0 Å². The number of benzene rings is 2. The molecule has 2 rings (SSSR count). The Labute approximate surface area is 103 Å². The zero-order valence-electron chi connectivity index (χ0n) is 10.4. The molecule has 2 nitrogen and oxygen atoms in total. The first-order chi connectivity index (χ1) is 8.22. The summed E-state index contributed by atoms with van der Waals surface area (Å²) in [6.45, 7) is 2.22. The first-order valence-corrected chi connectivity index (χ1v) is 6.29. The van der Waals surface area contributed by atoms with Crippen molar-refractivity contribution in [1.82, 2.24) is 0 Å². The van der Waals surface area contributed by atoms with Gasteiger partial charge in [-0.1, -0.05) is 31.9 Å². The van der Waals surface area contributed by atoms with Gasteiger partial charge in [0, 0.05) is 22.1 Å². The Balaban J connectivity index is 2.33. The lowest BCUT2D eigenvalue weighted by Crippen LogP contribution is -1.93. The van der Waals surface area contributed by atoms with Crippen LogP contribution in [0.5, 0.6) is 0 Å². The minimum absolute atomic E-state index is 0.800. The van der Waals surface area contributed by atoms with Crippen LogP contribution in [0.25, 0.3) is 10.8 Å². The predicted molar refractivity (Wildman–Crippen MR) is 76.0 cm³/mol. The van der Waals surface area contributed by atoms with Gasteiger partial charge < -0.3 is 11.5 Å². The zero-order chi connectivity index (χ0) is 12.3. The van der Waals surface area contributed by atoms with Crippen molar-refractivity contribution in [1.29, 1.82) is 0 Å². The summed E-state index contributed by atoms with van der Waals surface area (Å²) in [6.07, 6.45) is 4.90. The molecule has 2 aromatic rings. The van der Waals surface area contributed by atoms with Crippen LogP contribution in [0.2, 0.25) is 0 Å². The van der Waals surface area contributed by atoms with Crippen molar-refractivity contribution in [2.45, 2.75) is 32.6 Å². The minimum atomic E-state index is 0.800. The molecule has 17 heavy (non-hydrogen) atoms. The highest BCUT2D eigenvalue weighted by Crippen LogP contribution is 2.27. The van der Waals surface area contributed by atoms with E-state index >= 15 is 0 Å².